The predicted octanol–water partition coefficient (Wildman–Crippen LogP) is 8.49. The maximum atomic E-state index is 15.4. The molecule has 5 N–H and O–H groups in total. The molecule has 8 aromatic rings. The maximum Gasteiger partial charge on any atom is 0.394 e. The SMILES string of the molecule is CC(C)(C)c1noc(C(=O)O)n1.Cc1c([C@@H](C)CC(=O)c2nc(C(C)(C)C)no2)ccc(-c2ncnc(Nc3ccn(C)n3)n2)c1F.Cc1c([C@@H](C)N)ccc(-c2ncnc(Nc3ccn(C)n3)n2)c1F.Cl. The van der Waals surface area contributed by atoms with Gasteiger partial charge in [-0.25, -0.2) is 33.5 Å². The van der Waals surface area contributed by atoms with Crippen molar-refractivity contribution in [3.8, 4) is 22.8 Å². The molecular formula is C47H56ClF2N17O5. The van der Waals surface area contributed by atoms with Gasteiger partial charge in [0.25, 0.3) is 5.89 Å². The largest absolute Gasteiger partial charge is 0.474 e. The lowest BCUT2D eigenvalue weighted by molar-refractivity contribution is 0.0643. The summed E-state index contributed by atoms with van der Waals surface area (Å²) in [5.41, 5.74) is 8.18. The van der Waals surface area contributed by atoms with Gasteiger partial charge in [-0.2, -0.15) is 30.1 Å². The predicted molar refractivity (Wildman–Crippen MR) is 263 cm³/mol. The summed E-state index contributed by atoms with van der Waals surface area (Å²) in [4.78, 5) is 55.9. The zero-order valence-corrected chi connectivity index (χ0v) is 42.5. The number of nitrogens with two attached hydrogens (primary N) is 1. The van der Waals surface area contributed by atoms with Crippen LogP contribution in [0.5, 0.6) is 0 Å². The number of aryl methyl sites for hydroxylation is 2. The van der Waals surface area contributed by atoms with Gasteiger partial charge in [-0.05, 0) is 61.1 Å². The van der Waals surface area contributed by atoms with E-state index in [0.29, 0.717) is 51.5 Å². The molecule has 0 bridgehead atoms. The van der Waals surface area contributed by atoms with Crippen molar-refractivity contribution in [2.24, 2.45) is 19.8 Å². The number of rotatable bonds is 12. The number of aromatic carboxylic acids is 1. The van der Waals surface area contributed by atoms with E-state index in [1.54, 1.807) is 79.1 Å². The highest BCUT2D eigenvalue weighted by Gasteiger charge is 2.27. The van der Waals surface area contributed by atoms with E-state index < -0.39 is 11.8 Å². The highest BCUT2D eigenvalue weighted by atomic mass is 35.5. The summed E-state index contributed by atoms with van der Waals surface area (Å²) in [6.07, 6.45) is 6.32. The van der Waals surface area contributed by atoms with Crippen LogP contribution >= 0.6 is 12.4 Å². The average molecular weight is 1010 g/mol. The summed E-state index contributed by atoms with van der Waals surface area (Å²) in [6, 6.07) is 10.1. The highest BCUT2D eigenvalue weighted by Crippen LogP contribution is 2.32. The summed E-state index contributed by atoms with van der Waals surface area (Å²) in [5.74, 6) is 0.0452. The van der Waals surface area contributed by atoms with Gasteiger partial charge in [0.2, 0.25) is 17.7 Å². The molecule has 22 nitrogen and oxygen atoms in total. The van der Waals surface area contributed by atoms with Crippen LogP contribution in [0.3, 0.4) is 0 Å². The van der Waals surface area contributed by atoms with Crippen molar-refractivity contribution in [3.05, 3.63) is 119 Å². The first kappa shape index (κ1) is 54.9. The second-order valence-corrected chi connectivity index (χ2v) is 18.5. The minimum atomic E-state index is -1.20. The number of nitrogens with zero attached hydrogens (tertiary/aromatic N) is 14. The molecule has 380 valence electrons. The van der Waals surface area contributed by atoms with Crippen LogP contribution in [0.15, 0.2) is 70.5 Å². The minimum Gasteiger partial charge on any atom is -0.474 e. The number of ketones is 1. The van der Waals surface area contributed by atoms with Crippen LogP contribution in [0.2, 0.25) is 0 Å². The fourth-order valence-electron chi connectivity index (χ4n) is 6.67. The number of aromatic nitrogens is 14. The number of benzene rings is 2. The summed E-state index contributed by atoms with van der Waals surface area (Å²) in [5, 5.41) is 30.3. The molecule has 2 aromatic carbocycles. The summed E-state index contributed by atoms with van der Waals surface area (Å²) >= 11 is 0. The van der Waals surface area contributed by atoms with Crippen molar-refractivity contribution in [3.63, 3.8) is 0 Å². The summed E-state index contributed by atoms with van der Waals surface area (Å²) in [6.45, 7) is 18.5. The van der Waals surface area contributed by atoms with Crippen LogP contribution in [0.1, 0.15) is 129 Å². The van der Waals surface area contributed by atoms with Crippen LogP contribution in [0.4, 0.5) is 32.3 Å². The van der Waals surface area contributed by atoms with Gasteiger partial charge in [-0.1, -0.05) is 70.9 Å². The fourth-order valence-corrected chi connectivity index (χ4v) is 6.67. The molecule has 6 heterocycles. The van der Waals surface area contributed by atoms with E-state index in [2.05, 4.69) is 75.5 Å². The van der Waals surface area contributed by atoms with E-state index >= 15 is 4.39 Å². The van der Waals surface area contributed by atoms with Gasteiger partial charge in [0, 0.05) is 61.9 Å². The molecule has 0 amide bonds. The Morgan fingerprint density at radius 1 is 0.681 bits per heavy atom. The average Bonchev–Trinajstić information content (AvgIpc) is 4.15. The third kappa shape index (κ3) is 13.7. The first-order chi connectivity index (χ1) is 33.4. The van der Waals surface area contributed by atoms with E-state index in [1.165, 1.54) is 12.7 Å². The molecule has 0 radical (unpaired) electrons. The van der Waals surface area contributed by atoms with Gasteiger partial charge in [0.05, 0.1) is 11.1 Å². The molecule has 0 aliphatic heterocycles. The number of halogens is 3. The van der Waals surface area contributed by atoms with E-state index in [1.807, 2.05) is 62.4 Å². The second-order valence-electron chi connectivity index (χ2n) is 18.5. The van der Waals surface area contributed by atoms with Crippen molar-refractivity contribution < 1.29 is 32.5 Å². The molecule has 8 rings (SSSR count). The Morgan fingerprint density at radius 2 is 1.11 bits per heavy atom. The molecule has 0 fully saturated rings. The van der Waals surface area contributed by atoms with Gasteiger partial charge in [0.15, 0.2) is 34.9 Å². The standard InChI is InChI=1S/C24H27FN8O2.C16H18FN7.C7H10N2O3.ClH/c1-13(11-17(34)21-30-22(32-35-21)24(3,4)5)15-7-8-16(19(25)14(15)2)20-26-12-27-23(29-20)28-18-9-10-33(6)31-18;1-9-11(10(2)18)4-5-12(14(9)17)15-19-8-20-16(22-15)21-13-6-7-24(3)23-13;1-7(2,3)6-8-4(5(10)11)12-9-6;/h7-10,12-13H,11H2,1-6H3,(H,26,27,28,29,31);4-8,10H,18H2,1-3H3,(H,19,20,21,22,23);1-3H3,(H,10,11);1H/t13-;10-;;/m01../s1. The first-order valence-corrected chi connectivity index (χ1v) is 22.1. The first-order valence-electron chi connectivity index (χ1n) is 22.1. The molecule has 72 heavy (non-hydrogen) atoms. The van der Waals surface area contributed by atoms with Crippen LogP contribution in [0, 0.1) is 25.5 Å². The van der Waals surface area contributed by atoms with Gasteiger partial charge in [0.1, 0.15) is 24.3 Å². The van der Waals surface area contributed by atoms with Crippen molar-refractivity contribution in [1.29, 1.82) is 0 Å². The number of hydrogen-bond acceptors (Lipinski definition) is 19. The van der Waals surface area contributed by atoms with Crippen molar-refractivity contribution in [2.75, 3.05) is 10.6 Å². The maximum absolute atomic E-state index is 15.4. The fraction of sp³-hybridized carbons (Fsp3) is 0.362. The van der Waals surface area contributed by atoms with Gasteiger partial charge in [-0.3, -0.25) is 14.2 Å². The Balaban J connectivity index is 0.000000224. The molecule has 0 unspecified atom stereocenters. The third-order valence-corrected chi connectivity index (χ3v) is 10.5. The Hall–Kier alpha value is -7.99. The molecule has 0 spiro atoms. The van der Waals surface area contributed by atoms with Crippen molar-refractivity contribution in [2.45, 2.75) is 98.4 Å². The number of Topliss-reactive ketones (excluding diaryl/α,β-unsaturated/α-hetero) is 1. The monoisotopic (exact) mass is 1010 g/mol. The molecular weight excluding hydrogens is 956 g/mol. The Labute approximate surface area is 419 Å². The number of carboxylic acids is 1. The van der Waals surface area contributed by atoms with E-state index in [0.717, 1.165) is 5.56 Å². The van der Waals surface area contributed by atoms with E-state index in [-0.39, 0.29) is 88.2 Å². The van der Waals surface area contributed by atoms with Crippen molar-refractivity contribution >= 4 is 47.7 Å². The molecule has 2 atom stereocenters. The Bertz CT molecular complexity index is 3160. The lowest BCUT2D eigenvalue weighted by Crippen LogP contribution is -2.14. The van der Waals surface area contributed by atoms with E-state index in [4.69, 9.17) is 15.4 Å². The van der Waals surface area contributed by atoms with Crippen molar-refractivity contribution in [1.82, 2.24) is 69.7 Å². The normalized spacial score (nSPS) is 12.1. The van der Waals surface area contributed by atoms with Gasteiger partial charge >= 0.3 is 11.9 Å². The molecule has 6 aromatic heterocycles. The summed E-state index contributed by atoms with van der Waals surface area (Å²) in [7, 11) is 3.60. The van der Waals surface area contributed by atoms with E-state index in [9.17, 15) is 14.0 Å². The Morgan fingerprint density at radius 3 is 1.50 bits per heavy atom. The van der Waals surface area contributed by atoms with Crippen LogP contribution in [-0.4, -0.2) is 86.6 Å². The number of carboxylic acid groups (broad SMARTS) is 1. The smallest absolute Gasteiger partial charge is 0.394 e. The zero-order valence-electron chi connectivity index (χ0n) is 41.7. The quantitative estimate of drug-likeness (QED) is 0.0834. The van der Waals surface area contributed by atoms with Crippen LogP contribution in [0.25, 0.3) is 22.8 Å². The second kappa shape index (κ2) is 22.8. The van der Waals surface area contributed by atoms with Crippen LogP contribution < -0.4 is 16.4 Å². The zero-order chi connectivity index (χ0) is 51.9. The number of carbonyl (C=O) groups excluding carboxylic acids is 1. The molecule has 0 saturated heterocycles. The highest BCUT2D eigenvalue weighted by molar-refractivity contribution is 5.92. The summed E-state index contributed by atoms with van der Waals surface area (Å²) < 4.78 is 43.0. The lowest BCUT2D eigenvalue weighted by Gasteiger charge is -2.16. The topological polar surface area (TPSA) is 295 Å². The number of nitrogens with one attached hydrogen (secondary N) is 2. The molecule has 25 heteroatoms. The number of carbonyl (C=O) groups is 2. The van der Waals surface area contributed by atoms with Gasteiger partial charge in [-0.15, -0.1) is 12.4 Å². The van der Waals surface area contributed by atoms with Gasteiger partial charge < -0.3 is 30.5 Å². The lowest BCUT2D eigenvalue weighted by atomic mass is 9.90. The number of hydrogen-bond donors (Lipinski definition) is 4. The minimum absolute atomic E-state index is 0. The molecule has 0 saturated carbocycles. The molecule has 0 aliphatic carbocycles. The molecule has 0 aliphatic rings. The number of anilines is 4. The van der Waals surface area contributed by atoms with Crippen LogP contribution in [-0.2, 0) is 24.9 Å². The third-order valence-electron chi connectivity index (χ3n) is 10.5. The Kier molecular flexibility index (Phi) is 17.4.